The summed E-state index contributed by atoms with van der Waals surface area (Å²) in [6.07, 6.45) is 5.59. The van der Waals surface area contributed by atoms with E-state index in [1.165, 1.54) is 145 Å². The van der Waals surface area contributed by atoms with Crippen molar-refractivity contribution >= 4 is 57.6 Å². The van der Waals surface area contributed by atoms with E-state index in [0.717, 1.165) is 42.0 Å². The maximum atomic E-state index is 4.06. The molecule has 91 heavy (non-hydrogen) atoms. The average Bonchev–Trinajstić information content (AvgIpc) is 1.65. The van der Waals surface area contributed by atoms with E-state index in [9.17, 15) is 0 Å². The lowest BCUT2D eigenvalue weighted by molar-refractivity contribution is 0.264. The highest BCUT2D eigenvalue weighted by molar-refractivity contribution is 6.93. The zero-order valence-corrected chi connectivity index (χ0v) is 53.1. The molecule has 0 atom stereocenters. The SMILES string of the molecule is Cc1cc(-c2ccccc2)ccc1N(c1cc2c3c(c1)N1c4ccccc4C4(c5ccccc5-c5ccccc54)c4cccc(c41)B3N(C1=CC3=C(CC#C1)C(C)(C)CCC3(C)C)c1c-2ccc2c1-c1ccccc1C2(C)C)c1ccc(-c2ccccc2)cc1C. The van der Waals surface area contributed by atoms with Crippen LogP contribution in [0, 0.1) is 36.5 Å². The van der Waals surface area contributed by atoms with Crippen LogP contribution in [0.5, 0.6) is 0 Å². The predicted octanol–water partition coefficient (Wildman–Crippen LogP) is 20.9. The van der Waals surface area contributed by atoms with Crippen molar-refractivity contribution in [3.05, 3.63) is 304 Å². The number of benzene rings is 11. The first kappa shape index (κ1) is 53.9. The van der Waals surface area contributed by atoms with Crippen molar-refractivity contribution in [2.75, 3.05) is 14.6 Å². The van der Waals surface area contributed by atoms with Gasteiger partial charge in [0.2, 0.25) is 0 Å². The van der Waals surface area contributed by atoms with Crippen LogP contribution in [0.1, 0.15) is 105 Å². The number of allylic oxidation sites excluding steroid dienone is 4. The van der Waals surface area contributed by atoms with Gasteiger partial charge in [-0.15, -0.1) is 0 Å². The molecule has 0 saturated heterocycles. The number of fused-ring (bicyclic) bond motifs is 17. The molecule has 0 bridgehead atoms. The first-order chi connectivity index (χ1) is 44.2. The van der Waals surface area contributed by atoms with Gasteiger partial charge < -0.3 is 14.6 Å². The van der Waals surface area contributed by atoms with Crippen LogP contribution in [0.25, 0.3) is 55.6 Å². The number of para-hydroxylation sites is 2. The van der Waals surface area contributed by atoms with Gasteiger partial charge in [0.05, 0.1) is 16.8 Å². The van der Waals surface area contributed by atoms with Crippen LogP contribution in [0.15, 0.2) is 260 Å². The predicted molar refractivity (Wildman–Crippen MR) is 382 cm³/mol. The Morgan fingerprint density at radius 3 is 1.66 bits per heavy atom. The second kappa shape index (κ2) is 19.2. The Kier molecular flexibility index (Phi) is 11.4. The molecule has 11 aromatic rings. The van der Waals surface area contributed by atoms with Crippen molar-refractivity contribution in [3.63, 3.8) is 0 Å². The fourth-order valence-corrected chi connectivity index (χ4v) is 17.8. The zero-order chi connectivity index (χ0) is 61.4. The van der Waals surface area contributed by atoms with Crippen LogP contribution in [0.4, 0.5) is 39.8 Å². The third-order valence-electron chi connectivity index (χ3n) is 22.3. The monoisotopic (exact) mass is 1170 g/mol. The molecule has 0 aromatic heterocycles. The zero-order valence-electron chi connectivity index (χ0n) is 53.1. The second-order valence-corrected chi connectivity index (χ2v) is 28.4. The van der Waals surface area contributed by atoms with Crippen LogP contribution < -0.4 is 25.5 Å². The smallest absolute Gasteiger partial charge is 0.333 e. The van der Waals surface area contributed by atoms with E-state index in [2.05, 4.69) is 325 Å². The van der Waals surface area contributed by atoms with Crippen molar-refractivity contribution in [1.82, 2.24) is 0 Å². The summed E-state index contributed by atoms with van der Waals surface area (Å²) in [5.74, 6) is 7.99. The van der Waals surface area contributed by atoms with Crippen molar-refractivity contribution in [2.24, 2.45) is 10.8 Å². The van der Waals surface area contributed by atoms with E-state index in [1.807, 2.05) is 0 Å². The normalized spacial score (nSPS) is 17.0. The van der Waals surface area contributed by atoms with Gasteiger partial charge in [-0.3, -0.25) is 0 Å². The fourth-order valence-electron chi connectivity index (χ4n) is 17.8. The van der Waals surface area contributed by atoms with Crippen LogP contribution in [0.3, 0.4) is 0 Å². The summed E-state index contributed by atoms with van der Waals surface area (Å²) < 4.78 is 0. The molecule has 0 N–H and O–H groups in total. The van der Waals surface area contributed by atoms with E-state index in [-0.39, 0.29) is 23.1 Å². The van der Waals surface area contributed by atoms with Crippen molar-refractivity contribution in [2.45, 2.75) is 85.5 Å². The molecule has 4 aliphatic carbocycles. The first-order valence-electron chi connectivity index (χ1n) is 32.8. The standard InChI is InChI=1S/C87H70BN3/c1-54-49-58(56-25-11-9-12-26-56)41-45-76(54)89(77-46-42-59(50-55(77)2)57-27-13-10-14-28-57)61-51-66-64-43-44-72-80(65-32-17-18-33-67(65)86(72,7)8)82(64)91(60-29-23-37-70-74(52-60)85(5,6)48-47-84(70,3)4)88-75-39-24-38-73-83(75)90(79(53-61)81(66)88)78-40-22-21-36-71(78)87(73)68-34-19-15-30-62(68)63-31-16-20-35-69(63)87/h9-22,24-28,30-36,38-46,49-53H,37,47-48H2,1-8H3. The summed E-state index contributed by atoms with van der Waals surface area (Å²) in [4.78, 5) is 8.07. The second-order valence-electron chi connectivity index (χ2n) is 28.4. The van der Waals surface area contributed by atoms with Gasteiger partial charge in [0.25, 0.3) is 0 Å². The van der Waals surface area contributed by atoms with E-state index in [0.29, 0.717) is 0 Å². The molecule has 4 heteroatoms. The summed E-state index contributed by atoms with van der Waals surface area (Å²) in [7, 11) is 0. The molecule has 18 rings (SSSR count). The lowest BCUT2D eigenvalue weighted by atomic mass is 9.42. The molecule has 0 radical (unpaired) electrons. The molecule has 436 valence electrons. The Morgan fingerprint density at radius 2 is 1.01 bits per heavy atom. The van der Waals surface area contributed by atoms with E-state index in [1.54, 1.807) is 0 Å². The van der Waals surface area contributed by atoms with Crippen LogP contribution in [-0.4, -0.2) is 6.85 Å². The molecule has 0 amide bonds. The number of hydrogen-bond donors (Lipinski definition) is 0. The fraction of sp³-hybridized carbons (Fsp3) is 0.172. The summed E-state index contributed by atoms with van der Waals surface area (Å²) in [5, 5.41) is 0. The molecule has 3 nitrogen and oxygen atoms in total. The molecule has 1 spiro atoms. The van der Waals surface area contributed by atoms with E-state index in [4.69, 9.17) is 0 Å². The molecule has 11 aromatic carbocycles. The molecule has 0 saturated carbocycles. The summed E-state index contributed by atoms with van der Waals surface area (Å²) in [6, 6.07) is 90.4. The lowest BCUT2D eigenvalue weighted by Crippen LogP contribution is -2.64. The minimum absolute atomic E-state index is 0.0252. The van der Waals surface area contributed by atoms with Gasteiger partial charge in [-0.25, -0.2) is 0 Å². The first-order valence-corrected chi connectivity index (χ1v) is 32.8. The highest BCUT2D eigenvalue weighted by Gasteiger charge is 2.57. The Hall–Kier alpha value is -10.1. The third kappa shape index (κ3) is 7.41. The number of aryl methyl sites for hydroxylation is 2. The minimum Gasteiger partial charge on any atom is -0.369 e. The van der Waals surface area contributed by atoms with Crippen molar-refractivity contribution in [3.8, 4) is 67.5 Å². The summed E-state index contributed by atoms with van der Waals surface area (Å²) >= 11 is 0. The molecule has 0 unspecified atom stereocenters. The number of nitrogens with zero attached hydrogens (tertiary/aromatic N) is 3. The summed E-state index contributed by atoms with van der Waals surface area (Å²) in [5.41, 5.74) is 36.7. The molecular formula is C87H70BN3. The maximum absolute atomic E-state index is 4.06. The van der Waals surface area contributed by atoms with Crippen molar-refractivity contribution < 1.29 is 0 Å². The largest absolute Gasteiger partial charge is 0.369 e. The molecule has 3 aliphatic heterocycles. The Morgan fingerprint density at radius 1 is 0.440 bits per heavy atom. The van der Waals surface area contributed by atoms with Gasteiger partial charge in [0, 0.05) is 57.1 Å². The van der Waals surface area contributed by atoms with Gasteiger partial charge in [-0.2, -0.15) is 0 Å². The van der Waals surface area contributed by atoms with Gasteiger partial charge in [0.15, 0.2) is 0 Å². The lowest BCUT2D eigenvalue weighted by Gasteiger charge is -2.52. The average molecular weight is 1170 g/mol. The Bertz CT molecular complexity index is 4990. The van der Waals surface area contributed by atoms with Crippen LogP contribution >= 0.6 is 0 Å². The molecule has 3 heterocycles. The highest BCUT2D eigenvalue weighted by atomic mass is 15.2. The molecule has 0 fully saturated rings. The molecular weight excluding hydrogens is 1100 g/mol. The van der Waals surface area contributed by atoms with Gasteiger partial charge >= 0.3 is 6.85 Å². The van der Waals surface area contributed by atoms with E-state index < -0.39 is 5.41 Å². The van der Waals surface area contributed by atoms with Gasteiger partial charge in [0.1, 0.15) is 0 Å². The van der Waals surface area contributed by atoms with E-state index >= 15 is 0 Å². The number of hydrogen-bond acceptors (Lipinski definition) is 3. The highest BCUT2D eigenvalue weighted by Crippen LogP contribution is 2.66. The quantitative estimate of drug-likeness (QED) is 0.121. The van der Waals surface area contributed by atoms with Gasteiger partial charge in [-0.05, 0) is 203 Å². The van der Waals surface area contributed by atoms with Gasteiger partial charge in [-0.1, -0.05) is 242 Å². The molecule has 7 aliphatic rings. The maximum Gasteiger partial charge on any atom is 0.333 e. The minimum atomic E-state index is -0.620. The third-order valence-corrected chi connectivity index (χ3v) is 22.3. The van der Waals surface area contributed by atoms with Crippen molar-refractivity contribution in [1.29, 1.82) is 0 Å². The van der Waals surface area contributed by atoms with Crippen LogP contribution in [0.2, 0.25) is 0 Å². The topological polar surface area (TPSA) is 9.72 Å². The number of anilines is 7. The summed E-state index contributed by atoms with van der Waals surface area (Å²) in [6.45, 7) is 19.1. The Balaban J connectivity index is 0.995. The number of rotatable bonds is 6. The van der Waals surface area contributed by atoms with Crippen LogP contribution in [-0.2, 0) is 10.8 Å². The Labute approximate surface area is 536 Å².